The maximum Gasteiger partial charge on any atom is 0.408 e. The molecule has 1 fully saturated rings. The quantitative estimate of drug-likeness (QED) is 0.811. The highest BCUT2D eigenvalue weighted by atomic mass is 19.2. The van der Waals surface area contributed by atoms with Gasteiger partial charge in [-0.3, -0.25) is 4.79 Å². The Bertz CT molecular complexity index is 659. The van der Waals surface area contributed by atoms with Crippen LogP contribution in [0, 0.1) is 17.5 Å². The summed E-state index contributed by atoms with van der Waals surface area (Å²) >= 11 is 0. The van der Waals surface area contributed by atoms with Crippen molar-refractivity contribution in [3.8, 4) is 0 Å². The highest BCUT2D eigenvalue weighted by Crippen LogP contribution is 2.29. The molecule has 2 unspecified atom stereocenters. The summed E-state index contributed by atoms with van der Waals surface area (Å²) < 4.78 is 46.2. The molecule has 0 spiro atoms. The number of ether oxygens (including phenoxy) is 1. The Morgan fingerprint density at radius 1 is 1.25 bits per heavy atom. The first-order valence-corrected chi connectivity index (χ1v) is 7.49. The molecule has 2 rings (SSSR count). The summed E-state index contributed by atoms with van der Waals surface area (Å²) in [5.74, 6) is -4.65. The normalized spacial score (nSPS) is 21.2. The van der Waals surface area contributed by atoms with Gasteiger partial charge in [-0.15, -0.1) is 0 Å². The van der Waals surface area contributed by atoms with Crippen LogP contribution in [-0.4, -0.2) is 30.2 Å². The first kappa shape index (κ1) is 18.1. The first-order chi connectivity index (χ1) is 11.1. The number of piperidine rings is 1. The summed E-state index contributed by atoms with van der Waals surface area (Å²) in [5.41, 5.74) is -1.19. The van der Waals surface area contributed by atoms with Crippen LogP contribution in [0.2, 0.25) is 0 Å². The minimum absolute atomic E-state index is 0.0530. The Morgan fingerprint density at radius 3 is 2.50 bits per heavy atom. The summed E-state index contributed by atoms with van der Waals surface area (Å²) in [6.45, 7) is 4.93. The molecule has 1 heterocycles. The minimum atomic E-state index is -1.29. The fraction of sp³-hybridized carbons (Fsp3) is 0.500. The van der Waals surface area contributed by atoms with E-state index < -0.39 is 52.6 Å². The largest absolute Gasteiger partial charge is 0.444 e. The third-order valence-corrected chi connectivity index (χ3v) is 3.54. The van der Waals surface area contributed by atoms with E-state index in [0.717, 1.165) is 6.07 Å². The molecule has 0 aromatic heterocycles. The molecule has 2 atom stereocenters. The number of carbonyl (C=O) groups is 2. The molecule has 0 saturated carbocycles. The van der Waals surface area contributed by atoms with E-state index in [2.05, 4.69) is 10.6 Å². The lowest BCUT2D eigenvalue weighted by Crippen LogP contribution is -2.53. The van der Waals surface area contributed by atoms with Crippen molar-refractivity contribution < 1.29 is 27.5 Å². The molecule has 24 heavy (non-hydrogen) atoms. The van der Waals surface area contributed by atoms with Gasteiger partial charge in [-0.25, -0.2) is 18.0 Å². The van der Waals surface area contributed by atoms with Gasteiger partial charge >= 0.3 is 6.09 Å². The number of benzene rings is 1. The van der Waals surface area contributed by atoms with E-state index in [9.17, 15) is 22.8 Å². The van der Waals surface area contributed by atoms with Gasteiger partial charge in [0.1, 0.15) is 17.5 Å². The van der Waals surface area contributed by atoms with Gasteiger partial charge in [-0.1, -0.05) is 0 Å². The lowest BCUT2D eigenvalue weighted by atomic mass is 9.88. The average Bonchev–Trinajstić information content (AvgIpc) is 2.44. The van der Waals surface area contributed by atoms with E-state index >= 15 is 0 Å². The van der Waals surface area contributed by atoms with Crippen LogP contribution in [0.25, 0.3) is 0 Å². The fourth-order valence-corrected chi connectivity index (χ4v) is 2.53. The predicted octanol–water partition coefficient (Wildman–Crippen LogP) is 2.60. The van der Waals surface area contributed by atoms with E-state index in [1.807, 2.05) is 0 Å². The van der Waals surface area contributed by atoms with Crippen molar-refractivity contribution in [1.82, 2.24) is 10.6 Å². The lowest BCUT2D eigenvalue weighted by molar-refractivity contribution is -0.124. The second-order valence-electron chi connectivity index (χ2n) is 6.63. The molecule has 1 aliphatic heterocycles. The van der Waals surface area contributed by atoms with Crippen LogP contribution < -0.4 is 10.6 Å². The Labute approximate surface area is 137 Å². The molecule has 0 radical (unpaired) electrons. The molecule has 1 aromatic rings. The zero-order chi connectivity index (χ0) is 18.1. The molecule has 1 aliphatic rings. The van der Waals surface area contributed by atoms with Crippen LogP contribution in [0.1, 0.15) is 38.7 Å². The van der Waals surface area contributed by atoms with Crippen molar-refractivity contribution in [2.24, 2.45) is 0 Å². The van der Waals surface area contributed by atoms with Crippen molar-refractivity contribution in [1.29, 1.82) is 0 Å². The number of hydrogen-bond donors (Lipinski definition) is 2. The number of amides is 2. The van der Waals surface area contributed by atoms with E-state index in [1.165, 1.54) is 0 Å². The number of halogens is 3. The van der Waals surface area contributed by atoms with Crippen LogP contribution in [0.15, 0.2) is 12.1 Å². The Morgan fingerprint density at radius 2 is 1.88 bits per heavy atom. The van der Waals surface area contributed by atoms with Crippen molar-refractivity contribution in [3.63, 3.8) is 0 Å². The molecule has 5 nitrogen and oxygen atoms in total. The standard InChI is InChI=1S/C16H19F3N2O3/c1-16(2,3)24-15(23)21-11-6-8(7-20-14(11)22)12-9(17)4-5-10(18)13(12)19/h4-5,8,11H,6-7H2,1-3H3,(H,20,22)(H,21,23). The minimum Gasteiger partial charge on any atom is -0.444 e. The first-order valence-electron chi connectivity index (χ1n) is 7.49. The van der Waals surface area contributed by atoms with E-state index in [1.54, 1.807) is 20.8 Å². The summed E-state index contributed by atoms with van der Waals surface area (Å²) in [4.78, 5) is 23.6. The van der Waals surface area contributed by atoms with Gasteiger partial charge in [-0.05, 0) is 39.3 Å². The Hall–Kier alpha value is -2.25. The van der Waals surface area contributed by atoms with Crippen LogP contribution >= 0.6 is 0 Å². The molecule has 2 N–H and O–H groups in total. The van der Waals surface area contributed by atoms with Crippen molar-refractivity contribution in [2.75, 3.05) is 6.54 Å². The van der Waals surface area contributed by atoms with Gasteiger partial charge in [0.25, 0.3) is 0 Å². The fourth-order valence-electron chi connectivity index (χ4n) is 2.53. The van der Waals surface area contributed by atoms with Crippen LogP contribution in [0.4, 0.5) is 18.0 Å². The lowest BCUT2D eigenvalue weighted by Gasteiger charge is -2.31. The van der Waals surface area contributed by atoms with Crippen LogP contribution in [0.5, 0.6) is 0 Å². The average molecular weight is 344 g/mol. The van der Waals surface area contributed by atoms with Crippen molar-refractivity contribution in [2.45, 2.75) is 44.8 Å². The summed E-state index contributed by atoms with van der Waals surface area (Å²) in [5, 5.41) is 4.82. The molecule has 1 aromatic carbocycles. The summed E-state index contributed by atoms with van der Waals surface area (Å²) in [6.07, 6.45) is -0.883. The number of nitrogens with one attached hydrogen (secondary N) is 2. The van der Waals surface area contributed by atoms with E-state index in [4.69, 9.17) is 4.74 Å². The zero-order valence-electron chi connectivity index (χ0n) is 13.6. The number of alkyl carbamates (subject to hydrolysis) is 1. The van der Waals surface area contributed by atoms with Gasteiger partial charge in [0.05, 0.1) is 0 Å². The highest BCUT2D eigenvalue weighted by Gasteiger charge is 2.34. The van der Waals surface area contributed by atoms with Gasteiger partial charge in [-0.2, -0.15) is 0 Å². The number of rotatable bonds is 2. The summed E-state index contributed by atoms with van der Waals surface area (Å²) in [6, 6.07) is 0.507. The van der Waals surface area contributed by atoms with Gasteiger partial charge < -0.3 is 15.4 Å². The number of carbonyl (C=O) groups excluding carboxylic acids is 2. The third-order valence-electron chi connectivity index (χ3n) is 3.54. The molecular weight excluding hydrogens is 325 g/mol. The maximum atomic E-state index is 13.9. The predicted molar refractivity (Wildman–Crippen MR) is 79.8 cm³/mol. The monoisotopic (exact) mass is 344 g/mol. The van der Waals surface area contributed by atoms with Gasteiger partial charge in [0.15, 0.2) is 11.6 Å². The molecule has 132 valence electrons. The smallest absolute Gasteiger partial charge is 0.408 e. The molecular formula is C16H19F3N2O3. The second-order valence-corrected chi connectivity index (χ2v) is 6.63. The third kappa shape index (κ3) is 4.18. The molecule has 1 saturated heterocycles. The Kier molecular flexibility index (Phi) is 5.05. The van der Waals surface area contributed by atoms with Crippen molar-refractivity contribution >= 4 is 12.0 Å². The maximum absolute atomic E-state index is 13.9. The van der Waals surface area contributed by atoms with E-state index in [0.29, 0.717) is 6.07 Å². The second kappa shape index (κ2) is 6.70. The molecule has 0 bridgehead atoms. The summed E-state index contributed by atoms with van der Waals surface area (Å²) in [7, 11) is 0. The number of hydrogen-bond acceptors (Lipinski definition) is 3. The zero-order valence-corrected chi connectivity index (χ0v) is 13.6. The SMILES string of the molecule is CC(C)(C)OC(=O)NC1CC(c2c(F)ccc(F)c2F)CNC1=O. The van der Waals surface area contributed by atoms with Crippen LogP contribution in [0.3, 0.4) is 0 Å². The topological polar surface area (TPSA) is 67.4 Å². The van der Waals surface area contributed by atoms with E-state index in [-0.39, 0.29) is 13.0 Å². The van der Waals surface area contributed by atoms with Gasteiger partial charge in [0, 0.05) is 18.0 Å². The Balaban J connectivity index is 2.15. The van der Waals surface area contributed by atoms with Gasteiger partial charge in [0.2, 0.25) is 5.91 Å². The highest BCUT2D eigenvalue weighted by molar-refractivity contribution is 5.86. The van der Waals surface area contributed by atoms with Crippen LogP contribution in [-0.2, 0) is 9.53 Å². The molecule has 8 heteroatoms. The molecule has 0 aliphatic carbocycles. The molecule has 2 amide bonds. The van der Waals surface area contributed by atoms with Crippen molar-refractivity contribution in [3.05, 3.63) is 35.1 Å².